The molecule has 4 aromatic rings. The summed E-state index contributed by atoms with van der Waals surface area (Å²) in [6.07, 6.45) is 12.5. The molecule has 2 aromatic heterocycles. The molecule has 70 heavy (non-hydrogen) atoms. The zero-order chi connectivity index (χ0) is 51.0. The van der Waals surface area contributed by atoms with Gasteiger partial charge < -0.3 is 37.4 Å². The highest BCUT2D eigenvalue weighted by Crippen LogP contribution is 2.44. The Kier molecular flexibility index (Phi) is 16.6. The van der Waals surface area contributed by atoms with Crippen molar-refractivity contribution in [2.24, 2.45) is 0 Å². The normalized spacial score (nSPS) is 24.9. The third-order valence-electron chi connectivity index (χ3n) is 16.3. The Morgan fingerprint density at radius 3 is 1.26 bits per heavy atom. The Bertz CT molecular complexity index is 2290. The van der Waals surface area contributed by atoms with Crippen molar-refractivity contribution in [3.63, 3.8) is 0 Å². The first-order valence-corrected chi connectivity index (χ1v) is 26.0. The van der Waals surface area contributed by atoms with Gasteiger partial charge in [-0.25, -0.2) is 0 Å². The Morgan fingerprint density at radius 1 is 0.529 bits per heavy atom. The third-order valence-corrected chi connectivity index (χ3v) is 16.8. The molecule has 9 rings (SSSR count). The number of ether oxygens (including phenoxy) is 2. The van der Waals surface area contributed by atoms with Crippen LogP contribution in [-0.4, -0.2) is 102 Å². The van der Waals surface area contributed by atoms with E-state index in [4.69, 9.17) is 37.4 Å². The number of aromatic nitrogens is 2. The van der Waals surface area contributed by atoms with Gasteiger partial charge in [0.25, 0.3) is 0 Å². The summed E-state index contributed by atoms with van der Waals surface area (Å²) in [6, 6.07) is 22.7. The summed E-state index contributed by atoms with van der Waals surface area (Å²) in [5.41, 5.74) is 4.02. The number of nitrogens with zero attached hydrogens (tertiary/aromatic N) is 4. The SMILES string of the molecule is CC1(C)OB(B2OC(C)(C)C(C)(C)O2)OC1(C)C.COc1ccc([C@@H](C)N2CCC[C@H]2c2cncc(B3OC(C)(C)C(C)(C)O3)c2)cc1.COc1ccc([C@@H](C)N2CCC[C@H]2c2cncc(Br)c2)cc1. The van der Waals surface area contributed by atoms with Gasteiger partial charge in [0.05, 0.1) is 47.8 Å². The first kappa shape index (κ1) is 54.5. The molecule has 0 N–H and O–H groups in total. The number of likely N-dealkylation sites (tertiary alicyclic amines) is 2. The molecular weight excluding hydrogens is 945 g/mol. The summed E-state index contributed by atoms with van der Waals surface area (Å²) >= 11 is 3.53. The maximum absolute atomic E-state index is 6.25. The van der Waals surface area contributed by atoms with Crippen LogP contribution < -0.4 is 14.9 Å². The van der Waals surface area contributed by atoms with E-state index in [1.54, 1.807) is 14.2 Å². The Morgan fingerprint density at radius 2 is 0.886 bits per heavy atom. The van der Waals surface area contributed by atoms with Crippen LogP contribution in [0, 0.1) is 0 Å². The van der Waals surface area contributed by atoms with Crippen molar-refractivity contribution in [3.05, 3.63) is 112 Å². The lowest BCUT2D eigenvalue weighted by atomic mass is 9.49. The van der Waals surface area contributed by atoms with Crippen LogP contribution in [0.2, 0.25) is 0 Å². The molecule has 7 heterocycles. The standard InChI is InChI=1S/C24H33BN2O3.C18H21BrN2O.C12H24B2O4/c1-17(18-9-11-21(28-6)12-10-18)27-13-7-8-22(27)19-14-20(16-26-15-19)25-29-23(2,3)24(4,5)30-25;1-13(14-5-7-17(22-2)8-6-14)21-9-3-4-18(21)15-10-16(19)12-20-11-15;1-9(2)10(3,4)16-13(15-9)14-17-11(5,6)12(7,8)18-14/h9-12,14-17,22H,7-8,13H2,1-6H3;5-8,10-13,18H,3-4,9H2,1-2H3;1-8H3/t17-,22+;13-,18+;/m11./s1. The molecule has 16 heteroatoms. The van der Waals surface area contributed by atoms with Crippen molar-refractivity contribution in [3.8, 4) is 11.5 Å². The highest BCUT2D eigenvalue weighted by Gasteiger charge is 2.64. The number of pyridine rings is 2. The van der Waals surface area contributed by atoms with Gasteiger partial charge in [-0.15, -0.1) is 0 Å². The molecule has 0 unspecified atom stereocenters. The average molecular weight is 1020 g/mol. The van der Waals surface area contributed by atoms with E-state index in [2.05, 4.69) is 114 Å². The first-order valence-electron chi connectivity index (χ1n) is 25.2. The molecule has 0 saturated carbocycles. The number of halogens is 1. The molecule has 4 atom stereocenters. The molecule has 0 bridgehead atoms. The van der Waals surface area contributed by atoms with E-state index in [9.17, 15) is 0 Å². The molecule has 5 aliphatic heterocycles. The second-order valence-corrected chi connectivity index (χ2v) is 23.4. The molecule has 5 saturated heterocycles. The molecule has 0 aliphatic carbocycles. The van der Waals surface area contributed by atoms with Gasteiger partial charge >= 0.3 is 21.1 Å². The molecular formula is C54H78B3BrN4O8. The van der Waals surface area contributed by atoms with E-state index >= 15 is 0 Å². The molecule has 2 aromatic carbocycles. The predicted octanol–water partition coefficient (Wildman–Crippen LogP) is 11.3. The largest absolute Gasteiger partial charge is 0.497 e. The molecule has 0 amide bonds. The van der Waals surface area contributed by atoms with E-state index in [1.807, 2.05) is 104 Å². The second kappa shape index (κ2) is 21.3. The van der Waals surface area contributed by atoms with Crippen LogP contribution in [0.1, 0.15) is 169 Å². The van der Waals surface area contributed by atoms with Crippen molar-refractivity contribution >= 4 is 42.5 Å². The van der Waals surface area contributed by atoms with Crippen molar-refractivity contribution in [2.75, 3.05) is 27.3 Å². The number of rotatable bonds is 10. The Hall–Kier alpha value is -3.31. The second-order valence-electron chi connectivity index (χ2n) is 22.5. The van der Waals surface area contributed by atoms with E-state index < -0.39 is 14.0 Å². The minimum atomic E-state index is -0.476. The number of hydrogen-bond donors (Lipinski definition) is 0. The van der Waals surface area contributed by atoms with Gasteiger partial charge in [0.15, 0.2) is 0 Å². The smallest absolute Gasteiger partial charge is 0.496 e. The monoisotopic (exact) mass is 1020 g/mol. The van der Waals surface area contributed by atoms with Gasteiger partial charge in [-0.05, 0) is 204 Å². The van der Waals surface area contributed by atoms with Crippen LogP contribution in [0.3, 0.4) is 0 Å². The summed E-state index contributed by atoms with van der Waals surface area (Å²) < 4.78 is 48.0. The predicted molar refractivity (Wildman–Crippen MR) is 284 cm³/mol. The molecule has 5 aliphatic rings. The summed E-state index contributed by atoms with van der Waals surface area (Å²) in [6.45, 7) is 31.3. The molecule has 5 fully saturated rings. The average Bonchev–Trinajstić information content (AvgIpc) is 4.13. The quantitative estimate of drug-likeness (QED) is 0.141. The van der Waals surface area contributed by atoms with Crippen LogP contribution in [0.5, 0.6) is 11.5 Å². The fourth-order valence-corrected chi connectivity index (χ4v) is 10.1. The van der Waals surface area contributed by atoms with E-state index in [-0.39, 0.29) is 40.7 Å². The van der Waals surface area contributed by atoms with Crippen LogP contribution in [0.4, 0.5) is 0 Å². The van der Waals surface area contributed by atoms with Crippen LogP contribution >= 0.6 is 15.9 Å². The Balaban J connectivity index is 0.000000161. The van der Waals surface area contributed by atoms with E-state index in [0.29, 0.717) is 24.2 Å². The van der Waals surface area contributed by atoms with Crippen LogP contribution in [0.25, 0.3) is 0 Å². The Labute approximate surface area is 429 Å². The summed E-state index contributed by atoms with van der Waals surface area (Å²) in [4.78, 5) is 14.0. The first-order chi connectivity index (χ1) is 32.8. The minimum absolute atomic E-state index is 0.323. The molecule has 0 radical (unpaired) electrons. The lowest BCUT2D eigenvalue weighted by Gasteiger charge is -2.32. The highest BCUT2D eigenvalue weighted by molar-refractivity contribution is 9.10. The van der Waals surface area contributed by atoms with Crippen molar-refractivity contribution in [1.29, 1.82) is 0 Å². The molecule has 0 spiro atoms. The third kappa shape index (κ3) is 11.7. The van der Waals surface area contributed by atoms with Crippen LogP contribution in [-0.2, 0) is 27.9 Å². The number of benzene rings is 2. The minimum Gasteiger partial charge on any atom is -0.497 e. The summed E-state index contributed by atoms with van der Waals surface area (Å²) in [5.74, 6) is 1.80. The van der Waals surface area contributed by atoms with Gasteiger partial charge in [-0.3, -0.25) is 19.8 Å². The van der Waals surface area contributed by atoms with Gasteiger partial charge in [0, 0.05) is 58.9 Å². The van der Waals surface area contributed by atoms with E-state index in [1.165, 1.54) is 41.5 Å². The number of methoxy groups -OCH3 is 2. The van der Waals surface area contributed by atoms with Crippen molar-refractivity contribution in [2.45, 2.75) is 180 Å². The van der Waals surface area contributed by atoms with Crippen molar-refractivity contribution < 1.29 is 37.4 Å². The fourth-order valence-electron chi connectivity index (χ4n) is 9.75. The van der Waals surface area contributed by atoms with Gasteiger partial charge in [0.2, 0.25) is 0 Å². The van der Waals surface area contributed by atoms with Crippen LogP contribution in [0.15, 0.2) is 89.9 Å². The fraction of sp³-hybridized carbons (Fsp3) is 0.593. The highest BCUT2D eigenvalue weighted by atomic mass is 79.9. The topological polar surface area (TPSA) is 106 Å². The van der Waals surface area contributed by atoms with Gasteiger partial charge in [-0.1, -0.05) is 30.3 Å². The maximum Gasteiger partial charge on any atom is 0.496 e. The summed E-state index contributed by atoms with van der Waals surface area (Å²) in [5, 5.41) is 0. The maximum atomic E-state index is 6.25. The zero-order valence-electron chi connectivity index (χ0n) is 44.8. The molecule has 378 valence electrons. The molecule has 12 nitrogen and oxygen atoms in total. The van der Waals surface area contributed by atoms with Gasteiger partial charge in [0.1, 0.15) is 11.5 Å². The van der Waals surface area contributed by atoms with Crippen molar-refractivity contribution in [1.82, 2.24) is 19.8 Å². The number of hydrogen-bond acceptors (Lipinski definition) is 12. The van der Waals surface area contributed by atoms with Gasteiger partial charge in [-0.2, -0.15) is 0 Å². The lowest BCUT2D eigenvalue weighted by Crippen LogP contribution is -2.41. The van der Waals surface area contributed by atoms with E-state index in [0.717, 1.165) is 40.9 Å². The summed E-state index contributed by atoms with van der Waals surface area (Å²) in [7, 11) is 2.08. The lowest BCUT2D eigenvalue weighted by molar-refractivity contribution is 0.00578. The zero-order valence-corrected chi connectivity index (χ0v) is 46.4.